The van der Waals surface area contributed by atoms with E-state index in [1.807, 2.05) is 24.3 Å². The molecule has 1 fully saturated rings. The van der Waals surface area contributed by atoms with Crippen LogP contribution in [0.5, 0.6) is 5.75 Å². The van der Waals surface area contributed by atoms with Gasteiger partial charge in [0, 0.05) is 37.4 Å². The fourth-order valence-corrected chi connectivity index (χ4v) is 5.41. The summed E-state index contributed by atoms with van der Waals surface area (Å²) in [5.74, 6) is -0.764. The van der Waals surface area contributed by atoms with E-state index in [9.17, 15) is 17.6 Å². The first-order valence-corrected chi connectivity index (χ1v) is 12.4. The first-order chi connectivity index (χ1) is 16.3. The Morgan fingerprint density at radius 3 is 2.32 bits per heavy atom. The van der Waals surface area contributed by atoms with Gasteiger partial charge >= 0.3 is 0 Å². The Bertz CT molecular complexity index is 1290. The van der Waals surface area contributed by atoms with Crippen molar-refractivity contribution >= 4 is 38.9 Å². The highest BCUT2D eigenvalue weighted by molar-refractivity contribution is 7.89. The molecule has 3 aromatic carbocycles. The molecule has 1 amide bonds. The Balaban J connectivity index is 1.50. The van der Waals surface area contributed by atoms with Crippen LogP contribution in [0.15, 0.2) is 71.6 Å². The lowest BCUT2D eigenvalue weighted by Gasteiger charge is -2.35. The van der Waals surface area contributed by atoms with E-state index in [-0.39, 0.29) is 18.7 Å². The van der Waals surface area contributed by atoms with Crippen LogP contribution in [-0.4, -0.2) is 51.9 Å². The number of benzene rings is 3. The predicted molar refractivity (Wildman–Crippen MR) is 130 cm³/mol. The van der Waals surface area contributed by atoms with Crippen LogP contribution >= 0.6 is 11.6 Å². The van der Waals surface area contributed by atoms with Crippen molar-refractivity contribution in [1.82, 2.24) is 4.31 Å². The number of nitrogens with one attached hydrogen (secondary N) is 1. The summed E-state index contributed by atoms with van der Waals surface area (Å²) in [5.41, 5.74) is 1.33. The van der Waals surface area contributed by atoms with Crippen LogP contribution < -0.4 is 15.0 Å². The Kier molecular flexibility index (Phi) is 7.06. The highest BCUT2D eigenvalue weighted by atomic mass is 35.5. The quantitative estimate of drug-likeness (QED) is 0.544. The molecule has 0 aromatic heterocycles. The molecule has 7 nitrogen and oxygen atoms in total. The molecule has 10 heteroatoms. The van der Waals surface area contributed by atoms with E-state index >= 15 is 0 Å². The van der Waals surface area contributed by atoms with Gasteiger partial charge in [0.2, 0.25) is 10.0 Å². The molecule has 0 bridgehead atoms. The number of rotatable bonds is 6. The van der Waals surface area contributed by atoms with Gasteiger partial charge in [-0.3, -0.25) is 4.79 Å². The van der Waals surface area contributed by atoms with Gasteiger partial charge in [-0.25, -0.2) is 12.8 Å². The molecule has 1 saturated heterocycles. The summed E-state index contributed by atoms with van der Waals surface area (Å²) in [6.07, 6.45) is 0. The topological polar surface area (TPSA) is 79.0 Å². The summed E-state index contributed by atoms with van der Waals surface area (Å²) in [6.45, 7) is 1.26. The number of methoxy groups -OCH3 is 1. The van der Waals surface area contributed by atoms with Crippen molar-refractivity contribution in [1.29, 1.82) is 0 Å². The number of sulfonamides is 1. The molecule has 34 heavy (non-hydrogen) atoms. The van der Waals surface area contributed by atoms with Gasteiger partial charge in [-0.2, -0.15) is 4.31 Å². The molecule has 178 valence electrons. The van der Waals surface area contributed by atoms with E-state index in [2.05, 4.69) is 10.2 Å². The summed E-state index contributed by atoms with van der Waals surface area (Å²) in [4.78, 5) is 14.2. The van der Waals surface area contributed by atoms with Crippen molar-refractivity contribution in [3.05, 3.63) is 83.1 Å². The molecule has 0 spiro atoms. The Labute approximate surface area is 202 Å². The van der Waals surface area contributed by atoms with Crippen molar-refractivity contribution in [2.45, 2.75) is 4.90 Å². The van der Waals surface area contributed by atoms with Crippen molar-refractivity contribution in [2.24, 2.45) is 0 Å². The van der Waals surface area contributed by atoms with Gasteiger partial charge in [-0.15, -0.1) is 0 Å². The van der Waals surface area contributed by atoms with Crippen molar-refractivity contribution < 1.29 is 22.3 Å². The number of carbonyl (C=O) groups excluding carboxylic acids is 1. The lowest BCUT2D eigenvalue weighted by atomic mass is 10.2. The number of halogens is 2. The molecule has 0 atom stereocenters. The minimum absolute atomic E-state index is 0.0109. The van der Waals surface area contributed by atoms with Crippen LogP contribution in [0.25, 0.3) is 0 Å². The number of para-hydroxylation sites is 1. The average Bonchev–Trinajstić information content (AvgIpc) is 2.85. The second kappa shape index (κ2) is 10.0. The highest BCUT2D eigenvalue weighted by Gasteiger charge is 2.31. The zero-order chi connectivity index (χ0) is 24.3. The fourth-order valence-electron chi connectivity index (χ4n) is 3.72. The van der Waals surface area contributed by atoms with Crippen molar-refractivity contribution in [3.63, 3.8) is 0 Å². The van der Waals surface area contributed by atoms with Gasteiger partial charge in [0.25, 0.3) is 5.91 Å². The molecule has 1 heterocycles. The summed E-state index contributed by atoms with van der Waals surface area (Å²) in [7, 11) is -2.55. The molecule has 0 saturated carbocycles. The third kappa shape index (κ3) is 5.01. The number of nitrogens with zero attached hydrogens (tertiary/aromatic N) is 2. The van der Waals surface area contributed by atoms with E-state index in [0.717, 1.165) is 23.6 Å². The Morgan fingerprint density at radius 2 is 1.68 bits per heavy atom. The third-order valence-corrected chi connectivity index (χ3v) is 7.85. The van der Waals surface area contributed by atoms with E-state index in [0.29, 0.717) is 23.8 Å². The van der Waals surface area contributed by atoms with Crippen LogP contribution in [0, 0.1) is 5.82 Å². The van der Waals surface area contributed by atoms with Crippen LogP contribution in [0.2, 0.25) is 5.02 Å². The fraction of sp³-hybridized carbons (Fsp3) is 0.208. The van der Waals surface area contributed by atoms with Crippen molar-refractivity contribution in [2.75, 3.05) is 43.5 Å². The summed E-state index contributed by atoms with van der Waals surface area (Å²) >= 11 is 6.07. The molecule has 0 aliphatic carbocycles. The first-order valence-electron chi connectivity index (χ1n) is 10.5. The first kappa shape index (κ1) is 24.0. The number of ether oxygens (including phenoxy) is 1. The number of carbonyl (C=O) groups is 1. The summed E-state index contributed by atoms with van der Waals surface area (Å²) < 4.78 is 47.5. The summed E-state index contributed by atoms with van der Waals surface area (Å²) in [5, 5.41) is 2.95. The second-order valence-electron chi connectivity index (χ2n) is 7.67. The monoisotopic (exact) mass is 503 g/mol. The lowest BCUT2D eigenvalue weighted by Crippen LogP contribution is -2.48. The smallest absolute Gasteiger partial charge is 0.255 e. The number of hydrogen-bond donors (Lipinski definition) is 1. The third-order valence-electron chi connectivity index (χ3n) is 5.61. The molecule has 1 N–H and O–H groups in total. The lowest BCUT2D eigenvalue weighted by molar-refractivity contribution is 0.102. The van der Waals surface area contributed by atoms with Crippen molar-refractivity contribution in [3.8, 4) is 5.75 Å². The molecule has 0 radical (unpaired) electrons. The van der Waals surface area contributed by atoms with Crippen LogP contribution in [-0.2, 0) is 10.0 Å². The van der Waals surface area contributed by atoms with Crippen LogP contribution in [0.3, 0.4) is 0 Å². The zero-order valence-corrected chi connectivity index (χ0v) is 19.9. The van der Waals surface area contributed by atoms with E-state index < -0.39 is 26.6 Å². The molecule has 3 aromatic rings. The molecular weight excluding hydrogens is 481 g/mol. The average molecular weight is 504 g/mol. The molecule has 1 aliphatic rings. The standard InChI is InChI=1S/C24H23ClFN3O4S/c1-33-19-9-7-18(8-10-19)28-12-14-29(15-13-28)34(31,32)23-16-17(6-11-21(23)26)24(30)27-22-5-3-2-4-20(22)25/h2-11,16H,12-15H2,1H3,(H,27,30). The second-order valence-corrected chi connectivity index (χ2v) is 9.98. The molecular formula is C24H23ClFN3O4S. The van der Waals surface area contributed by atoms with E-state index in [1.165, 1.54) is 10.4 Å². The van der Waals surface area contributed by atoms with Gasteiger partial charge in [0.05, 0.1) is 17.8 Å². The minimum Gasteiger partial charge on any atom is -0.497 e. The maximum atomic E-state index is 14.6. The largest absolute Gasteiger partial charge is 0.497 e. The number of hydrogen-bond acceptors (Lipinski definition) is 5. The number of piperazine rings is 1. The highest BCUT2D eigenvalue weighted by Crippen LogP contribution is 2.26. The Morgan fingerprint density at radius 1 is 1.00 bits per heavy atom. The van der Waals surface area contributed by atoms with Gasteiger partial charge < -0.3 is 15.0 Å². The number of amides is 1. The Hall–Kier alpha value is -3.14. The minimum atomic E-state index is -4.14. The maximum absolute atomic E-state index is 14.6. The molecule has 4 rings (SSSR count). The van der Waals surface area contributed by atoms with E-state index in [4.69, 9.17) is 16.3 Å². The van der Waals surface area contributed by atoms with Gasteiger partial charge in [0.15, 0.2) is 0 Å². The zero-order valence-electron chi connectivity index (χ0n) is 18.4. The molecule has 1 aliphatic heterocycles. The summed E-state index contributed by atoms with van der Waals surface area (Å²) in [6, 6.07) is 17.4. The van der Waals surface area contributed by atoms with Gasteiger partial charge in [-0.05, 0) is 54.6 Å². The number of anilines is 2. The maximum Gasteiger partial charge on any atom is 0.255 e. The van der Waals surface area contributed by atoms with Gasteiger partial charge in [-0.1, -0.05) is 23.7 Å². The van der Waals surface area contributed by atoms with Crippen LogP contribution in [0.4, 0.5) is 15.8 Å². The van der Waals surface area contributed by atoms with Gasteiger partial charge in [0.1, 0.15) is 16.5 Å². The molecule has 0 unspecified atom stereocenters. The van der Waals surface area contributed by atoms with Crippen LogP contribution in [0.1, 0.15) is 10.4 Å². The SMILES string of the molecule is COc1ccc(N2CCN(S(=O)(=O)c3cc(C(=O)Nc4ccccc4Cl)ccc3F)CC2)cc1. The predicted octanol–water partition coefficient (Wildman–Crippen LogP) is 4.25. The van der Waals surface area contributed by atoms with E-state index in [1.54, 1.807) is 31.4 Å². The normalized spacial score (nSPS) is 14.6.